The Labute approximate surface area is 147 Å². The molecule has 0 fully saturated rings. The van der Waals surface area contributed by atoms with Gasteiger partial charge in [0.1, 0.15) is 5.01 Å². The summed E-state index contributed by atoms with van der Waals surface area (Å²) >= 11 is 4.89. The van der Waals surface area contributed by atoms with Gasteiger partial charge in [0.15, 0.2) is 6.10 Å². The smallest absolute Gasteiger partial charge is 0.312 e. The first-order chi connectivity index (χ1) is 11.0. The van der Waals surface area contributed by atoms with E-state index in [-0.39, 0.29) is 12.3 Å². The van der Waals surface area contributed by atoms with Crippen LogP contribution in [0.1, 0.15) is 19.5 Å². The van der Waals surface area contributed by atoms with Gasteiger partial charge in [-0.15, -0.1) is 11.3 Å². The molecule has 0 radical (unpaired) electrons. The van der Waals surface area contributed by atoms with E-state index < -0.39 is 12.1 Å². The number of nitrogens with zero attached hydrogens (tertiary/aromatic N) is 1. The number of carbonyl (C=O) groups is 2. The maximum Gasteiger partial charge on any atom is 0.312 e. The molecule has 1 amide bonds. The number of esters is 1. The number of ether oxygens (including phenoxy) is 1. The third kappa shape index (κ3) is 5.14. The molecule has 0 aliphatic heterocycles. The van der Waals surface area contributed by atoms with Gasteiger partial charge in [0.25, 0.3) is 5.91 Å². The fraction of sp³-hybridized carbons (Fsp3) is 0.312. The summed E-state index contributed by atoms with van der Waals surface area (Å²) < 4.78 is 6.08. The molecule has 1 heterocycles. The highest BCUT2D eigenvalue weighted by Gasteiger charge is 2.18. The first kappa shape index (κ1) is 17.6. The minimum atomic E-state index is -0.800. The Morgan fingerprint density at radius 2 is 2.22 bits per heavy atom. The van der Waals surface area contributed by atoms with Gasteiger partial charge in [-0.05, 0) is 26.0 Å². The van der Waals surface area contributed by atoms with Crippen molar-refractivity contribution in [2.24, 2.45) is 0 Å². The van der Waals surface area contributed by atoms with Crippen LogP contribution >= 0.6 is 27.3 Å². The molecular weight excluding hydrogens is 380 g/mol. The van der Waals surface area contributed by atoms with Crippen LogP contribution in [0.4, 0.5) is 0 Å². The van der Waals surface area contributed by atoms with Crippen LogP contribution in [-0.2, 0) is 20.7 Å². The van der Waals surface area contributed by atoms with Crippen LogP contribution in [0.25, 0.3) is 10.6 Å². The van der Waals surface area contributed by atoms with Gasteiger partial charge in [-0.3, -0.25) is 9.59 Å². The Balaban J connectivity index is 1.96. The molecule has 7 heteroatoms. The molecule has 0 bridgehead atoms. The lowest BCUT2D eigenvalue weighted by molar-refractivity contribution is -0.154. The monoisotopic (exact) mass is 396 g/mol. The molecule has 0 saturated carbocycles. The number of halogens is 1. The SMILES string of the molecule is CCNC(=O)[C@H](C)OC(=O)Cc1csc(-c2cccc(Br)c2)n1. The lowest BCUT2D eigenvalue weighted by Gasteiger charge is -2.11. The fourth-order valence-corrected chi connectivity index (χ4v) is 3.12. The van der Waals surface area contributed by atoms with Crippen LogP contribution in [0.5, 0.6) is 0 Å². The van der Waals surface area contributed by atoms with Gasteiger partial charge in [0.05, 0.1) is 12.1 Å². The summed E-state index contributed by atoms with van der Waals surface area (Å²) in [6, 6.07) is 7.81. The predicted molar refractivity (Wildman–Crippen MR) is 93.2 cm³/mol. The van der Waals surface area contributed by atoms with Gasteiger partial charge in [-0.25, -0.2) is 4.98 Å². The van der Waals surface area contributed by atoms with Gasteiger partial charge in [0.2, 0.25) is 0 Å². The third-order valence-corrected chi connectivity index (χ3v) is 4.41. The molecule has 0 aliphatic carbocycles. The maximum absolute atomic E-state index is 11.9. The number of likely N-dealkylation sites (N-methyl/N-ethyl adjacent to an activating group) is 1. The summed E-state index contributed by atoms with van der Waals surface area (Å²) in [7, 11) is 0. The molecule has 5 nitrogen and oxygen atoms in total. The molecule has 23 heavy (non-hydrogen) atoms. The van der Waals surface area contributed by atoms with Crippen LogP contribution in [-0.4, -0.2) is 29.5 Å². The van der Waals surface area contributed by atoms with Crippen molar-refractivity contribution in [2.45, 2.75) is 26.4 Å². The number of carbonyl (C=O) groups excluding carboxylic acids is 2. The number of nitrogens with one attached hydrogen (secondary N) is 1. The molecule has 0 aliphatic rings. The van der Waals surface area contributed by atoms with E-state index in [9.17, 15) is 9.59 Å². The summed E-state index contributed by atoms with van der Waals surface area (Å²) in [4.78, 5) is 27.9. The van der Waals surface area contributed by atoms with E-state index >= 15 is 0 Å². The van der Waals surface area contributed by atoms with Gasteiger partial charge in [-0.1, -0.05) is 28.1 Å². The van der Waals surface area contributed by atoms with E-state index in [1.165, 1.54) is 11.3 Å². The Morgan fingerprint density at radius 3 is 2.91 bits per heavy atom. The van der Waals surface area contributed by atoms with Crippen molar-refractivity contribution >= 4 is 39.1 Å². The molecule has 122 valence electrons. The summed E-state index contributed by atoms with van der Waals surface area (Å²) in [6.07, 6.45) is -0.750. The summed E-state index contributed by atoms with van der Waals surface area (Å²) in [5.41, 5.74) is 1.62. The highest BCUT2D eigenvalue weighted by atomic mass is 79.9. The fourth-order valence-electron chi connectivity index (χ4n) is 1.90. The number of rotatable bonds is 6. The van der Waals surface area contributed by atoms with Crippen molar-refractivity contribution in [1.82, 2.24) is 10.3 Å². The van der Waals surface area contributed by atoms with Gasteiger partial charge < -0.3 is 10.1 Å². The summed E-state index contributed by atoms with van der Waals surface area (Å²) in [5.74, 6) is -0.760. The van der Waals surface area contributed by atoms with Gasteiger partial charge in [0, 0.05) is 22.0 Å². The Morgan fingerprint density at radius 1 is 1.43 bits per heavy atom. The molecule has 0 unspecified atom stereocenters. The first-order valence-electron chi connectivity index (χ1n) is 7.17. The third-order valence-electron chi connectivity index (χ3n) is 2.98. The molecule has 2 aromatic rings. The topological polar surface area (TPSA) is 68.3 Å². The zero-order valence-corrected chi connectivity index (χ0v) is 15.2. The molecule has 1 aromatic heterocycles. The summed E-state index contributed by atoms with van der Waals surface area (Å²) in [5, 5.41) is 5.28. The highest BCUT2D eigenvalue weighted by molar-refractivity contribution is 9.10. The van der Waals surface area contributed by atoms with Crippen molar-refractivity contribution in [1.29, 1.82) is 0 Å². The Hall–Kier alpha value is -1.73. The number of benzene rings is 1. The average Bonchev–Trinajstić information content (AvgIpc) is 2.95. The molecule has 1 N–H and O–H groups in total. The van der Waals surface area contributed by atoms with Crippen LogP contribution in [0.3, 0.4) is 0 Å². The zero-order valence-electron chi connectivity index (χ0n) is 12.8. The van der Waals surface area contributed by atoms with Crippen molar-refractivity contribution in [3.05, 3.63) is 39.8 Å². The molecule has 2 rings (SSSR count). The molecule has 0 spiro atoms. The number of thiazole rings is 1. The van der Waals surface area contributed by atoms with E-state index in [0.717, 1.165) is 15.0 Å². The normalized spacial score (nSPS) is 11.8. The van der Waals surface area contributed by atoms with Crippen LogP contribution < -0.4 is 5.32 Å². The Bertz CT molecular complexity index is 702. The van der Waals surface area contributed by atoms with Crippen LogP contribution in [0.2, 0.25) is 0 Å². The largest absolute Gasteiger partial charge is 0.452 e. The van der Waals surface area contributed by atoms with Crippen LogP contribution in [0, 0.1) is 0 Å². The summed E-state index contributed by atoms with van der Waals surface area (Å²) in [6.45, 7) is 3.87. The lowest BCUT2D eigenvalue weighted by atomic mass is 10.2. The second kappa shape index (κ2) is 8.21. The van der Waals surface area contributed by atoms with Crippen molar-refractivity contribution in [3.8, 4) is 10.6 Å². The average molecular weight is 397 g/mol. The first-order valence-corrected chi connectivity index (χ1v) is 8.84. The number of aromatic nitrogens is 1. The lowest BCUT2D eigenvalue weighted by Crippen LogP contribution is -2.35. The van der Waals surface area contributed by atoms with E-state index in [2.05, 4.69) is 26.2 Å². The molecule has 0 saturated heterocycles. The molecule has 1 atom stereocenters. The van der Waals surface area contributed by atoms with E-state index in [1.807, 2.05) is 36.6 Å². The highest BCUT2D eigenvalue weighted by Crippen LogP contribution is 2.26. The maximum atomic E-state index is 11.9. The Kier molecular flexibility index (Phi) is 6.29. The number of amides is 1. The minimum Gasteiger partial charge on any atom is -0.452 e. The quantitative estimate of drug-likeness (QED) is 0.761. The second-order valence-corrected chi connectivity index (χ2v) is 6.63. The van der Waals surface area contributed by atoms with Gasteiger partial charge >= 0.3 is 5.97 Å². The number of hydrogen-bond donors (Lipinski definition) is 1. The standard InChI is InChI=1S/C16H17BrN2O3S/c1-3-18-15(21)10(2)22-14(20)8-13-9-23-16(19-13)11-5-4-6-12(17)7-11/h4-7,9-10H,3,8H2,1-2H3,(H,18,21)/t10-/m0/s1. The van der Waals surface area contributed by atoms with Crippen LogP contribution in [0.15, 0.2) is 34.1 Å². The van der Waals surface area contributed by atoms with Crippen molar-refractivity contribution < 1.29 is 14.3 Å². The molecular formula is C16H17BrN2O3S. The van der Waals surface area contributed by atoms with E-state index in [1.54, 1.807) is 6.92 Å². The zero-order chi connectivity index (χ0) is 16.8. The van der Waals surface area contributed by atoms with Crippen molar-refractivity contribution in [2.75, 3.05) is 6.54 Å². The minimum absolute atomic E-state index is 0.0498. The van der Waals surface area contributed by atoms with E-state index in [0.29, 0.717) is 12.2 Å². The van der Waals surface area contributed by atoms with Crippen molar-refractivity contribution in [3.63, 3.8) is 0 Å². The van der Waals surface area contributed by atoms with E-state index in [4.69, 9.17) is 4.74 Å². The molecule has 1 aromatic carbocycles. The predicted octanol–water partition coefficient (Wildman–Crippen LogP) is 3.18. The van der Waals surface area contributed by atoms with Gasteiger partial charge in [-0.2, -0.15) is 0 Å². The number of hydrogen-bond acceptors (Lipinski definition) is 5. The second-order valence-electron chi connectivity index (χ2n) is 4.86.